The van der Waals surface area contributed by atoms with Gasteiger partial charge in [0.15, 0.2) is 12.4 Å². The standard InChI is InChI=1S/C22H22N2O6/c1-11(24-20(27)18-14-3-4-15(9-14)19(18)21(24)28)22(29)30-10-17(26)23-16-7-5-13(6-8-16)12(2)25/h3-8,11,14-15,18-19H,9-10H2,1-2H3,(H,23,26)/t11-,14-,15-,18+,19+/m0/s1. The summed E-state index contributed by atoms with van der Waals surface area (Å²) in [5.74, 6) is -2.77. The molecule has 2 aliphatic carbocycles. The van der Waals surface area contributed by atoms with Crippen molar-refractivity contribution in [3.05, 3.63) is 42.0 Å². The maximum Gasteiger partial charge on any atom is 0.329 e. The first-order valence-corrected chi connectivity index (χ1v) is 9.90. The van der Waals surface area contributed by atoms with Crippen LogP contribution in [-0.4, -0.2) is 47.0 Å². The number of nitrogens with one attached hydrogen (secondary N) is 1. The third-order valence-corrected chi connectivity index (χ3v) is 6.15. The van der Waals surface area contributed by atoms with Gasteiger partial charge in [0.2, 0.25) is 11.8 Å². The van der Waals surface area contributed by atoms with Gasteiger partial charge in [-0.15, -0.1) is 0 Å². The fourth-order valence-corrected chi connectivity index (χ4v) is 4.66. The van der Waals surface area contributed by atoms with Crippen molar-refractivity contribution in [2.45, 2.75) is 26.3 Å². The normalized spacial score (nSPS) is 27.2. The zero-order chi connectivity index (χ0) is 21.6. The van der Waals surface area contributed by atoms with E-state index in [0.717, 1.165) is 11.3 Å². The Balaban J connectivity index is 1.32. The SMILES string of the molecule is CC(=O)c1ccc(NC(=O)COC(=O)[C@H](C)N2C(=O)[C@H]3[C@H](C2=O)[C@H]2C=C[C@H]3C2)cc1. The number of hydrogen-bond acceptors (Lipinski definition) is 6. The van der Waals surface area contributed by atoms with Gasteiger partial charge in [0, 0.05) is 11.3 Å². The number of ether oxygens (including phenoxy) is 1. The van der Waals surface area contributed by atoms with Crippen LogP contribution in [-0.2, 0) is 23.9 Å². The van der Waals surface area contributed by atoms with Gasteiger partial charge in [0.05, 0.1) is 11.8 Å². The molecular formula is C22H22N2O6. The number of anilines is 1. The maximum atomic E-state index is 12.7. The van der Waals surface area contributed by atoms with E-state index in [-0.39, 0.29) is 41.3 Å². The van der Waals surface area contributed by atoms with Gasteiger partial charge in [0.1, 0.15) is 6.04 Å². The number of carbonyl (C=O) groups is 5. The van der Waals surface area contributed by atoms with Gasteiger partial charge < -0.3 is 10.1 Å². The van der Waals surface area contributed by atoms with E-state index >= 15 is 0 Å². The van der Waals surface area contributed by atoms with Crippen molar-refractivity contribution in [2.75, 3.05) is 11.9 Å². The van der Waals surface area contributed by atoms with Crippen LogP contribution >= 0.6 is 0 Å². The number of imide groups is 1. The van der Waals surface area contributed by atoms with Crippen LogP contribution in [0, 0.1) is 23.7 Å². The van der Waals surface area contributed by atoms with Crippen LogP contribution in [0.3, 0.4) is 0 Å². The van der Waals surface area contributed by atoms with Crippen LogP contribution < -0.4 is 5.32 Å². The molecule has 1 saturated heterocycles. The maximum absolute atomic E-state index is 12.7. The molecule has 156 valence electrons. The van der Waals surface area contributed by atoms with Crippen molar-refractivity contribution < 1.29 is 28.7 Å². The Hall–Kier alpha value is -3.29. The van der Waals surface area contributed by atoms with E-state index in [0.29, 0.717) is 11.3 Å². The number of allylic oxidation sites excluding steroid dienone is 2. The fourth-order valence-electron chi connectivity index (χ4n) is 4.66. The minimum Gasteiger partial charge on any atom is -0.454 e. The molecule has 1 aromatic rings. The van der Waals surface area contributed by atoms with E-state index in [1.54, 1.807) is 24.3 Å². The molecule has 30 heavy (non-hydrogen) atoms. The average molecular weight is 410 g/mol. The van der Waals surface area contributed by atoms with Crippen molar-refractivity contribution >= 4 is 35.2 Å². The van der Waals surface area contributed by atoms with Crippen LogP contribution in [0.5, 0.6) is 0 Å². The van der Waals surface area contributed by atoms with E-state index in [1.807, 2.05) is 12.2 Å². The second-order valence-corrected chi connectivity index (χ2v) is 8.01. The Morgan fingerprint density at radius 3 is 2.17 bits per heavy atom. The van der Waals surface area contributed by atoms with E-state index < -0.39 is 24.5 Å². The van der Waals surface area contributed by atoms with Crippen LogP contribution in [0.15, 0.2) is 36.4 Å². The summed E-state index contributed by atoms with van der Waals surface area (Å²) in [6.07, 6.45) is 4.78. The molecule has 0 radical (unpaired) electrons. The number of nitrogens with zero attached hydrogens (tertiary/aromatic N) is 1. The highest BCUT2D eigenvalue weighted by atomic mass is 16.5. The predicted octanol–water partition coefficient (Wildman–Crippen LogP) is 1.57. The van der Waals surface area contributed by atoms with E-state index in [4.69, 9.17) is 4.74 Å². The Morgan fingerprint density at radius 2 is 1.63 bits per heavy atom. The van der Waals surface area contributed by atoms with Gasteiger partial charge in [-0.3, -0.25) is 24.1 Å². The van der Waals surface area contributed by atoms with Crippen molar-refractivity contribution in [1.29, 1.82) is 0 Å². The zero-order valence-electron chi connectivity index (χ0n) is 16.7. The largest absolute Gasteiger partial charge is 0.454 e. The van der Waals surface area contributed by atoms with Crippen LogP contribution in [0.25, 0.3) is 0 Å². The lowest BCUT2D eigenvalue weighted by Crippen LogP contribution is -2.45. The average Bonchev–Trinajstić information content (AvgIpc) is 3.40. The first-order chi connectivity index (χ1) is 14.3. The van der Waals surface area contributed by atoms with Crippen LogP contribution in [0.1, 0.15) is 30.6 Å². The van der Waals surface area contributed by atoms with Crippen LogP contribution in [0.2, 0.25) is 0 Å². The fraction of sp³-hybridized carbons (Fsp3) is 0.409. The molecule has 1 aliphatic heterocycles. The quantitative estimate of drug-likeness (QED) is 0.330. The number of hydrogen-bond donors (Lipinski definition) is 1. The van der Waals surface area contributed by atoms with Crippen molar-refractivity contribution in [3.8, 4) is 0 Å². The molecular weight excluding hydrogens is 388 g/mol. The number of benzene rings is 1. The van der Waals surface area contributed by atoms with E-state index in [2.05, 4.69) is 5.32 Å². The molecule has 3 aliphatic rings. The van der Waals surface area contributed by atoms with E-state index in [9.17, 15) is 24.0 Å². The van der Waals surface area contributed by atoms with Gasteiger partial charge in [-0.1, -0.05) is 12.2 Å². The lowest BCUT2D eigenvalue weighted by molar-refractivity contribution is -0.159. The summed E-state index contributed by atoms with van der Waals surface area (Å²) >= 11 is 0. The van der Waals surface area contributed by atoms with Gasteiger partial charge in [-0.05, 0) is 56.4 Å². The topological polar surface area (TPSA) is 110 Å². The molecule has 5 atom stereocenters. The number of ketones is 1. The summed E-state index contributed by atoms with van der Waals surface area (Å²) in [6, 6.07) is 5.21. The molecule has 8 nitrogen and oxygen atoms in total. The summed E-state index contributed by atoms with van der Waals surface area (Å²) in [4.78, 5) is 62.2. The summed E-state index contributed by atoms with van der Waals surface area (Å²) in [7, 11) is 0. The van der Waals surface area contributed by atoms with Gasteiger partial charge >= 0.3 is 5.97 Å². The zero-order valence-corrected chi connectivity index (χ0v) is 16.7. The summed E-state index contributed by atoms with van der Waals surface area (Å²) in [6.45, 7) is 2.33. The molecule has 1 N–H and O–H groups in total. The first-order valence-electron chi connectivity index (χ1n) is 9.90. The Bertz CT molecular complexity index is 936. The number of fused-ring (bicyclic) bond motifs is 5. The number of likely N-dealkylation sites (tertiary alicyclic amines) is 1. The molecule has 0 spiro atoms. The lowest BCUT2D eigenvalue weighted by Gasteiger charge is -2.23. The second kappa shape index (κ2) is 7.51. The molecule has 0 aromatic heterocycles. The number of rotatable bonds is 6. The highest BCUT2D eigenvalue weighted by Gasteiger charge is 2.60. The van der Waals surface area contributed by atoms with E-state index in [1.165, 1.54) is 13.8 Å². The molecule has 2 bridgehead atoms. The molecule has 8 heteroatoms. The number of Topliss-reactive ketones (excluding diaryl/α,β-unsaturated/α-hetero) is 1. The number of amides is 3. The van der Waals surface area contributed by atoms with Crippen molar-refractivity contribution in [3.63, 3.8) is 0 Å². The molecule has 1 saturated carbocycles. The highest BCUT2D eigenvalue weighted by molar-refractivity contribution is 6.09. The summed E-state index contributed by atoms with van der Waals surface area (Å²) < 4.78 is 5.03. The molecule has 4 rings (SSSR count). The second-order valence-electron chi connectivity index (χ2n) is 8.01. The Labute approximate surface area is 173 Å². The molecule has 0 unspecified atom stereocenters. The van der Waals surface area contributed by atoms with Crippen molar-refractivity contribution in [2.24, 2.45) is 23.7 Å². The van der Waals surface area contributed by atoms with Gasteiger partial charge in [-0.2, -0.15) is 0 Å². The molecule has 3 amide bonds. The predicted molar refractivity (Wildman–Crippen MR) is 105 cm³/mol. The highest BCUT2D eigenvalue weighted by Crippen LogP contribution is 2.52. The van der Waals surface area contributed by atoms with Gasteiger partial charge in [-0.25, -0.2) is 4.79 Å². The Morgan fingerprint density at radius 1 is 1.07 bits per heavy atom. The molecule has 1 heterocycles. The number of esters is 1. The summed E-state index contributed by atoms with van der Waals surface area (Å²) in [5.41, 5.74) is 0.969. The third-order valence-electron chi connectivity index (χ3n) is 6.15. The van der Waals surface area contributed by atoms with Gasteiger partial charge in [0.25, 0.3) is 5.91 Å². The third kappa shape index (κ3) is 3.32. The lowest BCUT2D eigenvalue weighted by atomic mass is 9.85. The minimum absolute atomic E-state index is 0.0600. The monoisotopic (exact) mass is 410 g/mol. The molecule has 2 fully saturated rings. The van der Waals surface area contributed by atoms with Crippen LogP contribution in [0.4, 0.5) is 5.69 Å². The first kappa shape index (κ1) is 20.0. The smallest absolute Gasteiger partial charge is 0.329 e. The minimum atomic E-state index is -1.09. The Kier molecular flexibility index (Phi) is 5.01. The summed E-state index contributed by atoms with van der Waals surface area (Å²) in [5, 5.41) is 2.56. The molecule has 1 aromatic carbocycles. The van der Waals surface area contributed by atoms with Crippen molar-refractivity contribution in [1.82, 2.24) is 4.90 Å². The number of carbonyl (C=O) groups excluding carboxylic acids is 5.